The van der Waals surface area contributed by atoms with Gasteiger partial charge in [-0.2, -0.15) is 0 Å². The van der Waals surface area contributed by atoms with Gasteiger partial charge in [0.1, 0.15) is 10.8 Å². The Balaban J connectivity index is 1.82. The number of carbonyl (C=O) groups is 2. The van der Waals surface area contributed by atoms with Crippen molar-refractivity contribution in [1.29, 1.82) is 0 Å². The van der Waals surface area contributed by atoms with Crippen LogP contribution in [0.25, 0.3) is 10.6 Å². The number of hydrogen-bond acceptors (Lipinski definition) is 5. The summed E-state index contributed by atoms with van der Waals surface area (Å²) in [5.41, 5.74) is 3.03. The molecule has 0 radical (unpaired) electrons. The molecule has 31 heavy (non-hydrogen) atoms. The standard InChI is InChI=1S/C24H27N3O3S/c1-5-30-21-10-9-19(26-22(28)16(2)3)14-20(21)24(29)27(4)15-17-7-6-8-18(13-17)23-25-11-12-31-23/h6-14,16H,5,15H2,1-4H3,(H,26,28). The smallest absolute Gasteiger partial charge is 0.257 e. The van der Waals surface area contributed by atoms with Crippen molar-refractivity contribution in [2.75, 3.05) is 19.0 Å². The third kappa shape index (κ3) is 5.70. The number of nitrogens with one attached hydrogen (secondary N) is 1. The maximum absolute atomic E-state index is 13.3. The number of carbonyl (C=O) groups excluding carboxylic acids is 2. The van der Waals surface area contributed by atoms with Gasteiger partial charge < -0.3 is 15.0 Å². The SMILES string of the molecule is CCOc1ccc(NC(=O)C(C)C)cc1C(=O)N(C)Cc1cccc(-c2nccs2)c1. The summed E-state index contributed by atoms with van der Waals surface area (Å²) in [6.45, 7) is 6.40. The van der Waals surface area contributed by atoms with Gasteiger partial charge in [0.15, 0.2) is 0 Å². The van der Waals surface area contributed by atoms with Crippen LogP contribution in [0.2, 0.25) is 0 Å². The fraction of sp³-hybridized carbons (Fsp3) is 0.292. The highest BCUT2D eigenvalue weighted by atomic mass is 32.1. The summed E-state index contributed by atoms with van der Waals surface area (Å²) in [6.07, 6.45) is 1.78. The molecule has 0 fully saturated rings. The van der Waals surface area contributed by atoms with E-state index in [1.54, 1.807) is 47.7 Å². The zero-order valence-electron chi connectivity index (χ0n) is 18.2. The number of nitrogens with zero attached hydrogens (tertiary/aromatic N) is 2. The molecule has 6 nitrogen and oxygen atoms in total. The summed E-state index contributed by atoms with van der Waals surface area (Å²) in [5, 5.41) is 5.74. The van der Waals surface area contributed by atoms with Crippen LogP contribution in [-0.4, -0.2) is 35.4 Å². The Morgan fingerprint density at radius 3 is 2.68 bits per heavy atom. The number of ether oxygens (including phenoxy) is 1. The van der Waals surface area contributed by atoms with E-state index < -0.39 is 0 Å². The highest BCUT2D eigenvalue weighted by Gasteiger charge is 2.19. The molecule has 2 amide bonds. The Labute approximate surface area is 186 Å². The lowest BCUT2D eigenvalue weighted by Crippen LogP contribution is -2.27. The Morgan fingerprint density at radius 2 is 2.00 bits per heavy atom. The average molecular weight is 438 g/mol. The molecule has 0 aliphatic carbocycles. The van der Waals surface area contributed by atoms with E-state index in [-0.39, 0.29) is 17.7 Å². The Kier molecular flexibility index (Phi) is 7.41. The molecule has 0 saturated heterocycles. The first-order valence-electron chi connectivity index (χ1n) is 10.2. The molecule has 0 aliphatic heterocycles. The number of amides is 2. The lowest BCUT2D eigenvalue weighted by Gasteiger charge is -2.20. The van der Waals surface area contributed by atoms with Gasteiger partial charge in [-0.15, -0.1) is 11.3 Å². The lowest BCUT2D eigenvalue weighted by molar-refractivity contribution is -0.118. The number of rotatable bonds is 8. The largest absolute Gasteiger partial charge is 0.493 e. The van der Waals surface area contributed by atoms with E-state index in [1.807, 2.05) is 50.4 Å². The number of hydrogen-bond donors (Lipinski definition) is 1. The molecule has 162 valence electrons. The van der Waals surface area contributed by atoms with E-state index in [2.05, 4.69) is 10.3 Å². The summed E-state index contributed by atoms with van der Waals surface area (Å²) in [7, 11) is 1.76. The first-order chi connectivity index (χ1) is 14.9. The quantitative estimate of drug-likeness (QED) is 0.534. The molecule has 0 aliphatic rings. The zero-order valence-corrected chi connectivity index (χ0v) is 19.0. The van der Waals surface area contributed by atoms with Gasteiger partial charge in [-0.25, -0.2) is 4.98 Å². The third-order valence-corrected chi connectivity index (χ3v) is 5.50. The second kappa shape index (κ2) is 10.2. The summed E-state index contributed by atoms with van der Waals surface area (Å²) in [6, 6.07) is 13.2. The van der Waals surface area contributed by atoms with Crippen LogP contribution in [0, 0.1) is 5.92 Å². The first-order valence-corrected chi connectivity index (χ1v) is 11.1. The van der Waals surface area contributed by atoms with E-state index >= 15 is 0 Å². The number of anilines is 1. The minimum atomic E-state index is -0.177. The third-order valence-electron chi connectivity index (χ3n) is 4.67. The van der Waals surface area contributed by atoms with Gasteiger partial charge >= 0.3 is 0 Å². The minimum Gasteiger partial charge on any atom is -0.493 e. The summed E-state index contributed by atoms with van der Waals surface area (Å²) in [4.78, 5) is 31.3. The predicted octanol–water partition coefficient (Wildman–Crippen LogP) is 5.08. The van der Waals surface area contributed by atoms with Crippen LogP contribution in [-0.2, 0) is 11.3 Å². The normalized spacial score (nSPS) is 10.7. The molecule has 0 bridgehead atoms. The van der Waals surface area contributed by atoms with Crippen molar-refractivity contribution in [3.63, 3.8) is 0 Å². The minimum absolute atomic E-state index is 0.102. The number of benzene rings is 2. The predicted molar refractivity (Wildman–Crippen MR) is 124 cm³/mol. The van der Waals surface area contributed by atoms with Crippen LogP contribution in [0.5, 0.6) is 5.75 Å². The van der Waals surface area contributed by atoms with Crippen LogP contribution in [0.3, 0.4) is 0 Å². The zero-order chi connectivity index (χ0) is 22.4. The van der Waals surface area contributed by atoms with Crippen molar-refractivity contribution in [3.05, 3.63) is 65.2 Å². The van der Waals surface area contributed by atoms with Crippen molar-refractivity contribution in [1.82, 2.24) is 9.88 Å². The lowest BCUT2D eigenvalue weighted by atomic mass is 10.1. The highest BCUT2D eigenvalue weighted by Crippen LogP contribution is 2.26. The second-order valence-electron chi connectivity index (χ2n) is 7.49. The van der Waals surface area contributed by atoms with Gasteiger partial charge in [-0.1, -0.05) is 32.0 Å². The molecular formula is C24H27N3O3S. The summed E-state index contributed by atoms with van der Waals surface area (Å²) >= 11 is 1.58. The molecular weight excluding hydrogens is 410 g/mol. The van der Waals surface area contributed by atoms with Crippen LogP contribution in [0.1, 0.15) is 36.7 Å². The van der Waals surface area contributed by atoms with Crippen molar-refractivity contribution < 1.29 is 14.3 Å². The topological polar surface area (TPSA) is 71.5 Å². The van der Waals surface area contributed by atoms with Crippen molar-refractivity contribution in [2.45, 2.75) is 27.3 Å². The van der Waals surface area contributed by atoms with Crippen LogP contribution >= 0.6 is 11.3 Å². The van der Waals surface area contributed by atoms with E-state index in [0.717, 1.165) is 16.1 Å². The second-order valence-corrected chi connectivity index (χ2v) is 8.38. The van der Waals surface area contributed by atoms with Crippen molar-refractivity contribution in [2.24, 2.45) is 5.92 Å². The molecule has 0 saturated carbocycles. The van der Waals surface area contributed by atoms with Crippen molar-refractivity contribution in [3.8, 4) is 16.3 Å². The molecule has 1 aromatic heterocycles. The highest BCUT2D eigenvalue weighted by molar-refractivity contribution is 7.13. The van der Waals surface area contributed by atoms with E-state index in [4.69, 9.17) is 4.74 Å². The average Bonchev–Trinajstić information content (AvgIpc) is 3.29. The van der Waals surface area contributed by atoms with Gasteiger partial charge in [0.05, 0.1) is 12.2 Å². The van der Waals surface area contributed by atoms with E-state index in [1.165, 1.54) is 0 Å². The van der Waals surface area contributed by atoms with Crippen LogP contribution < -0.4 is 10.1 Å². The van der Waals surface area contributed by atoms with Crippen LogP contribution in [0.15, 0.2) is 54.0 Å². The Morgan fingerprint density at radius 1 is 1.19 bits per heavy atom. The molecule has 1 heterocycles. The monoisotopic (exact) mass is 437 g/mol. The molecule has 0 spiro atoms. The van der Waals surface area contributed by atoms with Crippen molar-refractivity contribution >= 4 is 28.8 Å². The van der Waals surface area contributed by atoms with Crippen LogP contribution in [0.4, 0.5) is 5.69 Å². The van der Waals surface area contributed by atoms with Gasteiger partial charge in [0.25, 0.3) is 5.91 Å². The molecule has 2 aromatic carbocycles. The fourth-order valence-corrected chi connectivity index (χ4v) is 3.70. The maximum Gasteiger partial charge on any atom is 0.257 e. The summed E-state index contributed by atoms with van der Waals surface area (Å²) < 4.78 is 5.67. The van der Waals surface area contributed by atoms with Gasteiger partial charge in [0.2, 0.25) is 5.91 Å². The Hall–Kier alpha value is -3.19. The van der Waals surface area contributed by atoms with Gasteiger partial charge in [-0.3, -0.25) is 9.59 Å². The number of aromatic nitrogens is 1. The number of thiazole rings is 1. The first kappa shape index (κ1) is 22.5. The van der Waals surface area contributed by atoms with Gasteiger partial charge in [-0.05, 0) is 36.8 Å². The molecule has 3 rings (SSSR count). The van der Waals surface area contributed by atoms with E-state index in [9.17, 15) is 9.59 Å². The van der Waals surface area contributed by atoms with E-state index in [0.29, 0.717) is 30.2 Å². The Bertz CT molecular complexity index is 1050. The van der Waals surface area contributed by atoms with Gasteiger partial charge in [0, 0.05) is 42.3 Å². The summed E-state index contributed by atoms with van der Waals surface area (Å²) in [5.74, 6) is 0.0654. The maximum atomic E-state index is 13.3. The molecule has 0 unspecified atom stereocenters. The molecule has 0 atom stereocenters. The molecule has 1 N–H and O–H groups in total. The fourth-order valence-electron chi connectivity index (χ4n) is 3.06. The molecule has 3 aromatic rings. The molecule has 7 heteroatoms.